The summed E-state index contributed by atoms with van der Waals surface area (Å²) in [5.41, 5.74) is -0.609. The van der Waals surface area contributed by atoms with Crippen LogP contribution in [-0.2, 0) is 9.53 Å². The van der Waals surface area contributed by atoms with Gasteiger partial charge in [0.05, 0.1) is 7.11 Å². The van der Waals surface area contributed by atoms with Crippen LogP contribution in [0.4, 0.5) is 0 Å². The van der Waals surface area contributed by atoms with Crippen LogP contribution in [0, 0.1) is 5.92 Å². The molecule has 2 atom stereocenters. The van der Waals surface area contributed by atoms with Crippen molar-refractivity contribution in [3.05, 3.63) is 0 Å². The summed E-state index contributed by atoms with van der Waals surface area (Å²) in [6.07, 6.45) is 6.05. The van der Waals surface area contributed by atoms with Gasteiger partial charge in [-0.2, -0.15) is 0 Å². The monoisotopic (exact) mass is 298 g/mol. The maximum Gasteiger partial charge on any atom is 0.325 e. The van der Waals surface area contributed by atoms with Gasteiger partial charge < -0.3 is 10.1 Å². The molecule has 0 aliphatic heterocycles. The molecule has 4 heteroatoms. The lowest BCUT2D eigenvalue weighted by atomic mass is 9.91. The van der Waals surface area contributed by atoms with Gasteiger partial charge in [0.2, 0.25) is 0 Å². The van der Waals surface area contributed by atoms with Gasteiger partial charge in [0.25, 0.3) is 0 Å². The van der Waals surface area contributed by atoms with E-state index in [1.165, 1.54) is 32.8 Å². The summed E-state index contributed by atoms with van der Waals surface area (Å²) in [6, 6.07) is 1.05. The second-order valence-electron chi connectivity index (χ2n) is 7.16. The van der Waals surface area contributed by atoms with Crippen molar-refractivity contribution in [1.82, 2.24) is 10.2 Å². The molecule has 1 aliphatic rings. The fraction of sp³-hybridized carbons (Fsp3) is 0.941. The highest BCUT2D eigenvalue weighted by Gasteiger charge is 2.37. The highest BCUT2D eigenvalue weighted by molar-refractivity contribution is 5.80. The van der Waals surface area contributed by atoms with Gasteiger partial charge in [0, 0.05) is 18.6 Å². The van der Waals surface area contributed by atoms with E-state index in [2.05, 4.69) is 31.0 Å². The number of carbonyl (C=O) groups is 1. The molecule has 1 aliphatic carbocycles. The molecule has 4 nitrogen and oxygen atoms in total. The summed E-state index contributed by atoms with van der Waals surface area (Å²) < 4.78 is 4.97. The minimum Gasteiger partial charge on any atom is -0.468 e. The second-order valence-corrected chi connectivity index (χ2v) is 7.16. The summed E-state index contributed by atoms with van der Waals surface area (Å²) >= 11 is 0. The molecular weight excluding hydrogens is 264 g/mol. The summed E-state index contributed by atoms with van der Waals surface area (Å²) in [6.45, 7) is 9.84. The Labute approximate surface area is 130 Å². The highest BCUT2D eigenvalue weighted by atomic mass is 16.5. The summed E-state index contributed by atoms with van der Waals surface area (Å²) in [4.78, 5) is 14.7. The van der Waals surface area contributed by atoms with E-state index in [0.717, 1.165) is 13.0 Å². The smallest absolute Gasteiger partial charge is 0.325 e. The largest absolute Gasteiger partial charge is 0.468 e. The Hall–Kier alpha value is -0.610. The zero-order chi connectivity index (χ0) is 16.0. The van der Waals surface area contributed by atoms with Crippen LogP contribution in [-0.4, -0.2) is 49.2 Å². The van der Waals surface area contributed by atoms with Crippen molar-refractivity contribution in [2.45, 2.75) is 77.4 Å². The number of methoxy groups -OCH3 is 1. The van der Waals surface area contributed by atoms with Crippen LogP contribution < -0.4 is 5.32 Å². The molecular formula is C17H34N2O2. The molecule has 0 spiro atoms. The molecule has 0 heterocycles. The Bertz CT molecular complexity index is 327. The van der Waals surface area contributed by atoms with E-state index in [1.54, 1.807) is 0 Å². The lowest BCUT2D eigenvalue weighted by Crippen LogP contribution is -2.54. The molecule has 0 aromatic heterocycles. The van der Waals surface area contributed by atoms with Crippen LogP contribution in [0.1, 0.15) is 59.8 Å². The first kappa shape index (κ1) is 18.4. The highest BCUT2D eigenvalue weighted by Crippen LogP contribution is 2.28. The maximum absolute atomic E-state index is 12.1. The number of hydrogen-bond acceptors (Lipinski definition) is 4. The standard InChI is InChI=1S/C17H34N2O2/c1-13(2)12-19(15-9-7-8-10-15)14(3)11-17(4,18-5)16(20)21-6/h13-15,18H,7-12H2,1-6H3. The van der Waals surface area contributed by atoms with Gasteiger partial charge in [0.15, 0.2) is 0 Å². The van der Waals surface area contributed by atoms with Crippen molar-refractivity contribution in [2.75, 3.05) is 20.7 Å². The SMILES string of the molecule is CNC(C)(CC(C)N(CC(C)C)C1CCCC1)C(=O)OC. The first-order chi connectivity index (χ1) is 9.84. The van der Waals surface area contributed by atoms with Gasteiger partial charge >= 0.3 is 5.97 Å². The van der Waals surface area contributed by atoms with Crippen molar-refractivity contribution in [3.8, 4) is 0 Å². The number of rotatable bonds is 8. The molecule has 21 heavy (non-hydrogen) atoms. The van der Waals surface area contributed by atoms with E-state index < -0.39 is 5.54 Å². The van der Waals surface area contributed by atoms with Crippen molar-refractivity contribution in [3.63, 3.8) is 0 Å². The quantitative estimate of drug-likeness (QED) is 0.700. The topological polar surface area (TPSA) is 41.6 Å². The molecule has 0 bridgehead atoms. The Balaban J connectivity index is 2.78. The number of hydrogen-bond donors (Lipinski definition) is 1. The van der Waals surface area contributed by atoms with Crippen molar-refractivity contribution in [1.29, 1.82) is 0 Å². The Morgan fingerprint density at radius 1 is 1.33 bits per heavy atom. The van der Waals surface area contributed by atoms with Gasteiger partial charge in [-0.1, -0.05) is 26.7 Å². The third-order valence-corrected chi connectivity index (χ3v) is 4.83. The number of carbonyl (C=O) groups excluding carboxylic acids is 1. The molecule has 0 saturated heterocycles. The zero-order valence-electron chi connectivity index (χ0n) is 14.7. The predicted octanol–water partition coefficient (Wildman–Crippen LogP) is 2.82. The molecule has 124 valence electrons. The number of esters is 1. The second kappa shape index (κ2) is 8.14. The van der Waals surface area contributed by atoms with Gasteiger partial charge in [-0.05, 0) is 46.1 Å². The van der Waals surface area contributed by atoms with Gasteiger partial charge in [-0.15, -0.1) is 0 Å². The van der Waals surface area contributed by atoms with Gasteiger partial charge in [0.1, 0.15) is 5.54 Å². The third kappa shape index (κ3) is 4.96. The van der Waals surface area contributed by atoms with E-state index in [4.69, 9.17) is 4.74 Å². The first-order valence-electron chi connectivity index (χ1n) is 8.37. The van der Waals surface area contributed by atoms with Crippen LogP contribution in [0.15, 0.2) is 0 Å². The average molecular weight is 298 g/mol. The van der Waals surface area contributed by atoms with Crippen LogP contribution in [0.5, 0.6) is 0 Å². The third-order valence-electron chi connectivity index (χ3n) is 4.83. The van der Waals surface area contributed by atoms with Crippen molar-refractivity contribution < 1.29 is 9.53 Å². The predicted molar refractivity (Wildman–Crippen MR) is 87.4 cm³/mol. The van der Waals surface area contributed by atoms with Crippen LogP contribution >= 0.6 is 0 Å². The molecule has 1 fully saturated rings. The van der Waals surface area contributed by atoms with Crippen molar-refractivity contribution >= 4 is 5.97 Å². The minimum atomic E-state index is -0.609. The molecule has 0 aromatic carbocycles. The van der Waals surface area contributed by atoms with E-state index in [0.29, 0.717) is 18.0 Å². The average Bonchev–Trinajstić information content (AvgIpc) is 2.97. The van der Waals surface area contributed by atoms with Crippen molar-refractivity contribution in [2.24, 2.45) is 5.92 Å². The number of nitrogens with zero attached hydrogens (tertiary/aromatic N) is 1. The molecule has 0 amide bonds. The van der Waals surface area contributed by atoms with Crippen LogP contribution in [0.25, 0.3) is 0 Å². The Morgan fingerprint density at radius 2 is 1.90 bits per heavy atom. The fourth-order valence-corrected chi connectivity index (χ4v) is 3.57. The van der Waals surface area contributed by atoms with Gasteiger partial charge in [-0.25, -0.2) is 0 Å². The van der Waals surface area contributed by atoms with Crippen LogP contribution in [0.2, 0.25) is 0 Å². The summed E-state index contributed by atoms with van der Waals surface area (Å²) in [5.74, 6) is 0.472. The number of ether oxygens (including phenoxy) is 1. The summed E-state index contributed by atoms with van der Waals surface area (Å²) in [7, 11) is 3.30. The van der Waals surface area contributed by atoms with Crippen LogP contribution in [0.3, 0.4) is 0 Å². The van der Waals surface area contributed by atoms with Gasteiger partial charge in [-0.3, -0.25) is 9.69 Å². The lowest BCUT2D eigenvalue weighted by Gasteiger charge is -2.39. The normalized spacial score (nSPS) is 20.8. The van der Waals surface area contributed by atoms with E-state index in [1.807, 2.05) is 14.0 Å². The Morgan fingerprint density at radius 3 is 2.33 bits per heavy atom. The molecule has 1 N–H and O–H groups in total. The molecule has 0 radical (unpaired) electrons. The minimum absolute atomic E-state index is 0.173. The Kier molecular flexibility index (Phi) is 7.14. The van der Waals surface area contributed by atoms with E-state index >= 15 is 0 Å². The summed E-state index contributed by atoms with van der Waals surface area (Å²) in [5, 5.41) is 3.16. The van der Waals surface area contributed by atoms with E-state index in [9.17, 15) is 4.79 Å². The molecule has 2 unspecified atom stereocenters. The zero-order valence-corrected chi connectivity index (χ0v) is 14.7. The molecule has 0 aromatic rings. The molecule has 1 rings (SSSR count). The number of nitrogens with one attached hydrogen (secondary N) is 1. The maximum atomic E-state index is 12.1. The number of likely N-dealkylation sites (N-methyl/N-ethyl adjacent to an activating group) is 1. The molecule has 1 saturated carbocycles. The first-order valence-corrected chi connectivity index (χ1v) is 8.37. The lowest BCUT2D eigenvalue weighted by molar-refractivity contribution is -0.148. The van der Waals surface area contributed by atoms with E-state index in [-0.39, 0.29) is 5.97 Å². The fourth-order valence-electron chi connectivity index (χ4n) is 3.57.